The number of sulfonamides is 1. The minimum absolute atomic E-state index is 0.0818. The number of nitrogens with one attached hydrogen (secondary N) is 2. The van der Waals surface area contributed by atoms with Crippen LogP contribution in [0, 0.1) is 0 Å². The highest BCUT2D eigenvalue weighted by atomic mass is 32.2. The van der Waals surface area contributed by atoms with E-state index in [4.69, 9.17) is 9.47 Å². The molecule has 168 valence electrons. The lowest BCUT2D eigenvalue weighted by Crippen LogP contribution is -2.37. The van der Waals surface area contributed by atoms with Gasteiger partial charge < -0.3 is 19.7 Å². The van der Waals surface area contributed by atoms with Crippen molar-refractivity contribution >= 4 is 44.3 Å². The highest BCUT2D eigenvalue weighted by Crippen LogP contribution is 2.31. The molecule has 1 aliphatic heterocycles. The number of benzene rings is 2. The molecule has 1 saturated heterocycles. The molecule has 0 bridgehead atoms. The first-order valence-electron chi connectivity index (χ1n) is 9.93. The highest BCUT2D eigenvalue weighted by Gasteiger charge is 2.24. The van der Waals surface area contributed by atoms with Gasteiger partial charge in [-0.2, -0.15) is 11.3 Å². The van der Waals surface area contributed by atoms with Crippen molar-refractivity contribution in [2.24, 2.45) is 0 Å². The van der Waals surface area contributed by atoms with Gasteiger partial charge in [0.05, 0.1) is 31.6 Å². The number of rotatable bonds is 7. The lowest BCUT2D eigenvalue weighted by Gasteiger charge is -2.30. The number of carbonyl (C=O) groups excluding carboxylic acids is 1. The molecule has 10 heteroatoms. The van der Waals surface area contributed by atoms with E-state index >= 15 is 0 Å². The molecular weight excluding hydrogens is 450 g/mol. The maximum atomic E-state index is 13.4. The van der Waals surface area contributed by atoms with Crippen molar-refractivity contribution in [3.05, 3.63) is 64.9 Å². The summed E-state index contributed by atoms with van der Waals surface area (Å²) >= 11 is 1.42. The van der Waals surface area contributed by atoms with Gasteiger partial charge in [-0.3, -0.25) is 9.52 Å². The van der Waals surface area contributed by atoms with Gasteiger partial charge in [-0.1, -0.05) is 0 Å². The maximum Gasteiger partial charge on any atom is 0.264 e. The Balaban J connectivity index is 1.67. The summed E-state index contributed by atoms with van der Waals surface area (Å²) in [6, 6.07) is 13.3. The van der Waals surface area contributed by atoms with Gasteiger partial charge in [0.2, 0.25) is 0 Å². The van der Waals surface area contributed by atoms with E-state index in [1.54, 1.807) is 55.0 Å². The number of nitrogens with zero attached hydrogens (tertiary/aromatic N) is 1. The molecule has 0 atom stereocenters. The summed E-state index contributed by atoms with van der Waals surface area (Å²) < 4.78 is 39.9. The number of hydrogen-bond acceptors (Lipinski definition) is 7. The number of anilines is 3. The van der Waals surface area contributed by atoms with Crippen LogP contribution in [0.25, 0.3) is 0 Å². The minimum atomic E-state index is -3.95. The number of amides is 1. The molecule has 8 nitrogen and oxygen atoms in total. The Labute approximate surface area is 190 Å². The predicted molar refractivity (Wildman–Crippen MR) is 126 cm³/mol. The van der Waals surface area contributed by atoms with E-state index in [-0.39, 0.29) is 10.8 Å². The fourth-order valence-electron chi connectivity index (χ4n) is 3.34. The normalized spacial score (nSPS) is 14.1. The first kappa shape index (κ1) is 22.1. The second-order valence-corrected chi connectivity index (χ2v) is 9.51. The maximum absolute atomic E-state index is 13.4. The summed E-state index contributed by atoms with van der Waals surface area (Å²) in [6.45, 7) is 2.18. The van der Waals surface area contributed by atoms with Crippen LogP contribution in [0.3, 0.4) is 0 Å². The monoisotopic (exact) mass is 473 g/mol. The fourth-order valence-corrected chi connectivity index (χ4v) is 5.29. The van der Waals surface area contributed by atoms with Crippen LogP contribution >= 0.6 is 11.3 Å². The van der Waals surface area contributed by atoms with Crippen molar-refractivity contribution in [1.29, 1.82) is 0 Å². The van der Waals surface area contributed by atoms with Gasteiger partial charge in [0.25, 0.3) is 15.9 Å². The lowest BCUT2D eigenvalue weighted by molar-refractivity contribution is 0.102. The van der Waals surface area contributed by atoms with Crippen LogP contribution in [-0.2, 0) is 14.8 Å². The first-order valence-corrected chi connectivity index (χ1v) is 12.4. The number of methoxy groups -OCH3 is 1. The van der Waals surface area contributed by atoms with Gasteiger partial charge in [-0.15, -0.1) is 0 Å². The summed E-state index contributed by atoms with van der Waals surface area (Å²) in [4.78, 5) is 14.5. The first-order chi connectivity index (χ1) is 15.5. The molecule has 0 aliphatic carbocycles. The van der Waals surface area contributed by atoms with Crippen LogP contribution in [0.2, 0.25) is 0 Å². The molecule has 2 aromatic carbocycles. The Hall–Kier alpha value is -3.08. The van der Waals surface area contributed by atoms with Crippen LogP contribution in [-0.4, -0.2) is 47.7 Å². The van der Waals surface area contributed by atoms with E-state index in [1.165, 1.54) is 17.4 Å². The van der Waals surface area contributed by atoms with Crippen molar-refractivity contribution < 1.29 is 22.7 Å². The van der Waals surface area contributed by atoms with Crippen molar-refractivity contribution in [2.75, 3.05) is 48.4 Å². The predicted octanol–water partition coefficient (Wildman–Crippen LogP) is 3.65. The quantitative estimate of drug-likeness (QED) is 0.544. The van der Waals surface area contributed by atoms with Crippen LogP contribution in [0.4, 0.5) is 17.1 Å². The topological polar surface area (TPSA) is 97.0 Å². The van der Waals surface area contributed by atoms with Gasteiger partial charge in [-0.05, 0) is 53.9 Å². The average Bonchev–Trinajstić information content (AvgIpc) is 3.35. The highest BCUT2D eigenvalue weighted by molar-refractivity contribution is 7.92. The molecular formula is C22H23N3O5S2. The Morgan fingerprint density at radius 1 is 1.06 bits per heavy atom. The lowest BCUT2D eigenvalue weighted by atomic mass is 10.2. The smallest absolute Gasteiger partial charge is 0.264 e. The van der Waals surface area contributed by atoms with Gasteiger partial charge in [0.1, 0.15) is 10.6 Å². The average molecular weight is 474 g/mol. The Bertz CT molecular complexity index is 1170. The third kappa shape index (κ3) is 5.04. The van der Waals surface area contributed by atoms with Crippen LogP contribution in [0.15, 0.2) is 64.2 Å². The van der Waals surface area contributed by atoms with Crippen molar-refractivity contribution in [1.82, 2.24) is 0 Å². The Morgan fingerprint density at radius 3 is 2.44 bits per heavy atom. The second-order valence-electron chi connectivity index (χ2n) is 7.08. The third-order valence-corrected chi connectivity index (χ3v) is 7.08. The molecule has 2 N–H and O–H groups in total. The molecule has 1 aliphatic rings. The standard InChI is InChI=1S/C22H23N3O5S2/c1-29-19-5-2-17(3-6-19)24-32(27,28)21-14-18(23-22(26)16-8-13-31-15-16)4-7-20(21)25-9-11-30-12-10-25/h2-8,13-15,24H,9-12H2,1H3,(H,23,26). The molecule has 2 heterocycles. The molecule has 0 spiro atoms. The largest absolute Gasteiger partial charge is 0.497 e. The van der Waals surface area contributed by atoms with E-state index in [0.29, 0.717) is 54.7 Å². The third-order valence-electron chi connectivity index (χ3n) is 4.98. The van der Waals surface area contributed by atoms with E-state index in [0.717, 1.165) is 0 Å². The summed E-state index contributed by atoms with van der Waals surface area (Å²) in [6.07, 6.45) is 0. The van der Waals surface area contributed by atoms with E-state index in [9.17, 15) is 13.2 Å². The molecule has 1 aromatic heterocycles. The molecule has 3 aromatic rings. The molecule has 32 heavy (non-hydrogen) atoms. The summed E-state index contributed by atoms with van der Waals surface area (Å²) in [5.74, 6) is 0.330. The zero-order valence-corrected chi connectivity index (χ0v) is 19.0. The molecule has 0 saturated carbocycles. The van der Waals surface area contributed by atoms with Crippen molar-refractivity contribution in [2.45, 2.75) is 4.90 Å². The zero-order chi connectivity index (χ0) is 22.6. The van der Waals surface area contributed by atoms with Crippen LogP contribution in [0.5, 0.6) is 5.75 Å². The number of hydrogen-bond donors (Lipinski definition) is 2. The van der Waals surface area contributed by atoms with Gasteiger partial charge >= 0.3 is 0 Å². The Kier molecular flexibility index (Phi) is 6.63. The van der Waals surface area contributed by atoms with Crippen LogP contribution < -0.4 is 19.7 Å². The molecule has 0 radical (unpaired) electrons. The van der Waals surface area contributed by atoms with Gasteiger partial charge in [0.15, 0.2) is 0 Å². The molecule has 0 unspecified atom stereocenters. The van der Waals surface area contributed by atoms with E-state index in [1.807, 2.05) is 10.3 Å². The SMILES string of the molecule is COc1ccc(NS(=O)(=O)c2cc(NC(=O)c3ccsc3)ccc2N2CCOCC2)cc1. The van der Waals surface area contributed by atoms with Crippen molar-refractivity contribution in [3.63, 3.8) is 0 Å². The van der Waals surface area contributed by atoms with E-state index in [2.05, 4.69) is 10.0 Å². The summed E-state index contributed by atoms with van der Waals surface area (Å²) in [7, 11) is -2.40. The van der Waals surface area contributed by atoms with Crippen molar-refractivity contribution in [3.8, 4) is 5.75 Å². The number of ether oxygens (including phenoxy) is 2. The summed E-state index contributed by atoms with van der Waals surface area (Å²) in [5.41, 5.74) is 1.88. The Morgan fingerprint density at radius 2 is 1.78 bits per heavy atom. The fraction of sp³-hybridized carbons (Fsp3) is 0.227. The molecule has 1 fully saturated rings. The van der Waals surface area contributed by atoms with Gasteiger partial charge in [-0.25, -0.2) is 8.42 Å². The minimum Gasteiger partial charge on any atom is -0.497 e. The second kappa shape index (κ2) is 9.60. The number of carbonyl (C=O) groups is 1. The molecule has 4 rings (SSSR count). The number of morpholine rings is 1. The molecule has 1 amide bonds. The number of thiophene rings is 1. The van der Waals surface area contributed by atoms with Crippen LogP contribution in [0.1, 0.15) is 10.4 Å². The van der Waals surface area contributed by atoms with Gasteiger partial charge in [0, 0.05) is 29.8 Å². The summed E-state index contributed by atoms with van der Waals surface area (Å²) in [5, 5.41) is 6.33. The van der Waals surface area contributed by atoms with E-state index < -0.39 is 10.0 Å². The zero-order valence-electron chi connectivity index (χ0n) is 17.4.